The van der Waals surface area contributed by atoms with E-state index in [1.807, 2.05) is 42.5 Å². The second kappa shape index (κ2) is 7.89. The quantitative estimate of drug-likeness (QED) is 0.738. The minimum absolute atomic E-state index is 0.0173. The van der Waals surface area contributed by atoms with Crippen molar-refractivity contribution in [1.82, 2.24) is 10.9 Å². The van der Waals surface area contributed by atoms with Gasteiger partial charge in [-0.25, -0.2) is 0 Å². The van der Waals surface area contributed by atoms with Crippen LogP contribution < -0.4 is 25.8 Å². The molecule has 7 heteroatoms. The third-order valence-corrected chi connectivity index (χ3v) is 5.35. The molecule has 2 aliphatic heterocycles. The van der Waals surface area contributed by atoms with Crippen molar-refractivity contribution >= 4 is 17.3 Å². The molecule has 0 aliphatic carbocycles. The molecule has 1 atom stereocenters. The van der Waals surface area contributed by atoms with Crippen LogP contribution in [0, 0.1) is 11.3 Å². The van der Waals surface area contributed by atoms with Gasteiger partial charge in [-0.15, -0.1) is 0 Å². The molecule has 3 N–H and O–H groups in total. The van der Waals surface area contributed by atoms with Gasteiger partial charge in [-0.2, -0.15) is 5.26 Å². The highest BCUT2D eigenvalue weighted by molar-refractivity contribution is 6.01. The summed E-state index contributed by atoms with van der Waals surface area (Å²) in [5, 5.41) is 12.9. The highest BCUT2D eigenvalue weighted by Gasteiger charge is 2.33. The molecular weight excluding hydrogens is 354 g/mol. The molecule has 2 aromatic carbocycles. The maximum atomic E-state index is 12.9. The number of nitriles is 1. The number of carbonyl (C=O) groups is 1. The van der Waals surface area contributed by atoms with Crippen molar-refractivity contribution in [2.24, 2.45) is 0 Å². The van der Waals surface area contributed by atoms with E-state index in [1.165, 1.54) is 0 Å². The van der Waals surface area contributed by atoms with Crippen LogP contribution in [0.4, 0.5) is 11.4 Å². The van der Waals surface area contributed by atoms with Crippen LogP contribution in [0.3, 0.4) is 0 Å². The molecular formula is C21H23N5O2. The standard InChI is InChI=1S/C21H23N5O2/c1-28-18-4-2-3-16(10-18)25-20-7-8-26(21(20)27)17-5-6-19(14(9-17)11-22)15-12-23-24-13-15/h2-6,9-10,15,20,23-25H,7-8,12-13H2,1H3. The number of hydrogen-bond acceptors (Lipinski definition) is 6. The summed E-state index contributed by atoms with van der Waals surface area (Å²) in [4.78, 5) is 14.7. The number of nitrogens with one attached hydrogen (secondary N) is 3. The zero-order valence-corrected chi connectivity index (χ0v) is 15.7. The molecule has 0 bridgehead atoms. The Morgan fingerprint density at radius 1 is 1.21 bits per heavy atom. The van der Waals surface area contributed by atoms with Crippen LogP contribution >= 0.6 is 0 Å². The van der Waals surface area contributed by atoms with Crippen LogP contribution in [0.15, 0.2) is 42.5 Å². The summed E-state index contributed by atoms with van der Waals surface area (Å²) in [6.07, 6.45) is 0.705. The number of benzene rings is 2. The van der Waals surface area contributed by atoms with Crippen LogP contribution in [-0.4, -0.2) is 38.7 Å². The number of nitrogens with zero attached hydrogens (tertiary/aromatic N) is 2. The number of rotatable bonds is 5. The van der Waals surface area contributed by atoms with Gasteiger partial charge in [-0.3, -0.25) is 15.6 Å². The van der Waals surface area contributed by atoms with Crippen molar-refractivity contribution in [2.45, 2.75) is 18.4 Å². The van der Waals surface area contributed by atoms with Crippen molar-refractivity contribution in [3.8, 4) is 11.8 Å². The van der Waals surface area contributed by atoms with Crippen LogP contribution in [-0.2, 0) is 4.79 Å². The lowest BCUT2D eigenvalue weighted by molar-refractivity contribution is -0.117. The summed E-state index contributed by atoms with van der Waals surface area (Å²) in [5.41, 5.74) is 9.47. The maximum Gasteiger partial charge on any atom is 0.249 e. The lowest BCUT2D eigenvalue weighted by Gasteiger charge is -2.20. The molecule has 144 valence electrons. The minimum Gasteiger partial charge on any atom is -0.497 e. The van der Waals surface area contributed by atoms with Gasteiger partial charge in [0.05, 0.1) is 18.7 Å². The fourth-order valence-corrected chi connectivity index (χ4v) is 3.83. The van der Waals surface area contributed by atoms with E-state index in [-0.39, 0.29) is 17.9 Å². The molecule has 0 aromatic heterocycles. The first-order valence-corrected chi connectivity index (χ1v) is 9.41. The van der Waals surface area contributed by atoms with E-state index in [1.54, 1.807) is 12.0 Å². The van der Waals surface area contributed by atoms with Crippen LogP contribution in [0.5, 0.6) is 5.75 Å². The first-order valence-electron chi connectivity index (χ1n) is 9.41. The first-order chi connectivity index (χ1) is 13.7. The Balaban J connectivity index is 1.51. The summed E-state index contributed by atoms with van der Waals surface area (Å²) in [6, 6.07) is 15.3. The number of ether oxygens (including phenoxy) is 1. The second-order valence-corrected chi connectivity index (χ2v) is 7.05. The SMILES string of the molecule is COc1cccc(NC2CCN(c3ccc(C4CNNC4)c(C#N)c3)C2=O)c1. The maximum absolute atomic E-state index is 12.9. The number of carbonyl (C=O) groups excluding carboxylic acids is 1. The lowest BCUT2D eigenvalue weighted by atomic mass is 9.95. The Morgan fingerprint density at radius 3 is 2.79 bits per heavy atom. The molecule has 1 amide bonds. The van der Waals surface area contributed by atoms with E-state index < -0.39 is 0 Å². The molecule has 7 nitrogen and oxygen atoms in total. The predicted octanol–water partition coefficient (Wildman–Crippen LogP) is 1.98. The molecule has 4 rings (SSSR count). The van der Waals surface area contributed by atoms with Gasteiger partial charge < -0.3 is 15.0 Å². The van der Waals surface area contributed by atoms with E-state index in [0.717, 1.165) is 35.8 Å². The zero-order valence-electron chi connectivity index (χ0n) is 15.7. The summed E-state index contributed by atoms with van der Waals surface area (Å²) in [7, 11) is 1.62. The molecule has 2 aromatic rings. The Bertz CT molecular complexity index is 917. The fraction of sp³-hybridized carbons (Fsp3) is 0.333. The summed E-state index contributed by atoms with van der Waals surface area (Å²) >= 11 is 0. The van der Waals surface area contributed by atoms with E-state index in [4.69, 9.17) is 4.74 Å². The monoisotopic (exact) mass is 377 g/mol. The molecule has 2 aliphatic rings. The number of amides is 1. The summed E-state index contributed by atoms with van der Waals surface area (Å²) in [5.74, 6) is 1.03. The molecule has 2 fully saturated rings. The van der Waals surface area contributed by atoms with Crippen molar-refractivity contribution in [1.29, 1.82) is 5.26 Å². The van der Waals surface area contributed by atoms with Gasteiger partial charge in [0.1, 0.15) is 11.8 Å². The molecule has 0 spiro atoms. The molecule has 1 unspecified atom stereocenters. The van der Waals surface area contributed by atoms with Gasteiger partial charge in [0.15, 0.2) is 0 Å². The molecule has 0 radical (unpaired) electrons. The van der Waals surface area contributed by atoms with Gasteiger partial charge in [-0.05, 0) is 36.2 Å². The predicted molar refractivity (Wildman–Crippen MR) is 107 cm³/mol. The fourth-order valence-electron chi connectivity index (χ4n) is 3.83. The number of methoxy groups -OCH3 is 1. The van der Waals surface area contributed by atoms with Crippen molar-refractivity contribution in [3.05, 3.63) is 53.6 Å². The number of hydrogen-bond donors (Lipinski definition) is 3. The van der Waals surface area contributed by atoms with Crippen molar-refractivity contribution in [2.75, 3.05) is 37.0 Å². The van der Waals surface area contributed by atoms with Gasteiger partial charge in [0.25, 0.3) is 0 Å². The Labute approximate surface area is 164 Å². The Hall–Kier alpha value is -3.08. The third-order valence-electron chi connectivity index (χ3n) is 5.35. The highest BCUT2D eigenvalue weighted by Crippen LogP contribution is 2.29. The van der Waals surface area contributed by atoms with E-state index in [9.17, 15) is 10.1 Å². The average molecular weight is 377 g/mol. The van der Waals surface area contributed by atoms with Crippen LogP contribution in [0.2, 0.25) is 0 Å². The molecule has 0 saturated carbocycles. The smallest absolute Gasteiger partial charge is 0.249 e. The Morgan fingerprint density at radius 2 is 2.04 bits per heavy atom. The zero-order chi connectivity index (χ0) is 19.5. The number of hydrazine groups is 1. The Kier molecular flexibility index (Phi) is 5.15. The van der Waals surface area contributed by atoms with Gasteiger partial charge in [-0.1, -0.05) is 12.1 Å². The molecule has 2 heterocycles. The topological polar surface area (TPSA) is 89.4 Å². The minimum atomic E-state index is -0.291. The van der Waals surface area contributed by atoms with E-state index in [2.05, 4.69) is 22.2 Å². The average Bonchev–Trinajstić information content (AvgIpc) is 3.38. The third kappa shape index (κ3) is 3.52. The van der Waals surface area contributed by atoms with Gasteiger partial charge >= 0.3 is 0 Å². The second-order valence-electron chi connectivity index (χ2n) is 7.05. The molecule has 28 heavy (non-hydrogen) atoms. The summed E-state index contributed by atoms with van der Waals surface area (Å²) < 4.78 is 5.24. The van der Waals surface area contributed by atoms with Crippen molar-refractivity contribution < 1.29 is 9.53 Å². The first kappa shape index (κ1) is 18.3. The van der Waals surface area contributed by atoms with E-state index >= 15 is 0 Å². The number of anilines is 2. The highest BCUT2D eigenvalue weighted by atomic mass is 16.5. The largest absolute Gasteiger partial charge is 0.497 e. The van der Waals surface area contributed by atoms with Crippen molar-refractivity contribution in [3.63, 3.8) is 0 Å². The molecule has 2 saturated heterocycles. The van der Waals surface area contributed by atoms with Crippen LogP contribution in [0.1, 0.15) is 23.5 Å². The lowest BCUT2D eigenvalue weighted by Crippen LogP contribution is -2.33. The summed E-state index contributed by atoms with van der Waals surface area (Å²) in [6.45, 7) is 2.21. The van der Waals surface area contributed by atoms with Crippen LogP contribution in [0.25, 0.3) is 0 Å². The van der Waals surface area contributed by atoms with Gasteiger partial charge in [0.2, 0.25) is 5.91 Å². The normalized spacial score (nSPS) is 19.6. The van der Waals surface area contributed by atoms with E-state index in [0.29, 0.717) is 18.5 Å². The van der Waals surface area contributed by atoms with Gasteiger partial charge in [0, 0.05) is 43.0 Å².